The van der Waals surface area contributed by atoms with Gasteiger partial charge in [-0.3, -0.25) is 9.59 Å². The van der Waals surface area contributed by atoms with Crippen LogP contribution in [0, 0.1) is 5.92 Å². The van der Waals surface area contributed by atoms with Crippen LogP contribution in [0.1, 0.15) is 50.2 Å². The third-order valence-electron chi connectivity index (χ3n) is 3.90. The van der Waals surface area contributed by atoms with E-state index < -0.39 is 0 Å². The van der Waals surface area contributed by atoms with E-state index in [9.17, 15) is 9.59 Å². The van der Waals surface area contributed by atoms with Crippen molar-refractivity contribution in [1.29, 1.82) is 0 Å². The minimum atomic E-state index is -0.260. The van der Waals surface area contributed by atoms with E-state index in [-0.39, 0.29) is 11.9 Å². The van der Waals surface area contributed by atoms with E-state index in [4.69, 9.17) is 10.5 Å². The van der Waals surface area contributed by atoms with Gasteiger partial charge in [-0.25, -0.2) is 0 Å². The van der Waals surface area contributed by atoms with Crippen LogP contribution < -0.4 is 5.73 Å². The van der Waals surface area contributed by atoms with E-state index in [1.165, 1.54) is 12.7 Å². The molecule has 1 aromatic carbocycles. The molecule has 0 aliphatic carbocycles. The third kappa shape index (κ3) is 9.30. The van der Waals surface area contributed by atoms with E-state index >= 15 is 0 Å². The molecule has 1 rings (SSSR count). The molecular weight excluding hydrogens is 306 g/mol. The largest absolute Gasteiger partial charge is 0.469 e. The van der Waals surface area contributed by atoms with Crippen LogP contribution in [0.25, 0.3) is 0 Å². The van der Waals surface area contributed by atoms with Gasteiger partial charge < -0.3 is 15.2 Å². The van der Waals surface area contributed by atoms with Crippen LogP contribution in [-0.2, 0) is 32.1 Å². The van der Waals surface area contributed by atoms with Crippen LogP contribution >= 0.6 is 0 Å². The zero-order valence-electron chi connectivity index (χ0n) is 14.8. The molecule has 0 aliphatic heterocycles. The van der Waals surface area contributed by atoms with Gasteiger partial charge in [-0.15, -0.1) is 0 Å². The molecule has 0 radical (unpaired) electrons. The van der Waals surface area contributed by atoms with E-state index in [2.05, 4.69) is 35.9 Å². The number of hydrogen-bond acceptors (Lipinski definition) is 4. The van der Waals surface area contributed by atoms with Gasteiger partial charge in [0.1, 0.15) is 0 Å². The summed E-state index contributed by atoms with van der Waals surface area (Å²) < 4.78 is 10.3. The van der Waals surface area contributed by atoms with Crippen LogP contribution in [0.2, 0.25) is 0 Å². The number of esters is 1. The summed E-state index contributed by atoms with van der Waals surface area (Å²) in [5.74, 6) is -0.0804. The first-order valence-electron chi connectivity index (χ1n) is 8.52. The molecule has 1 unspecified atom stereocenters. The number of amides is 1. The molecule has 2 N–H and O–H groups in total. The number of carbonyl (C=O) groups is 2. The SMILES string of the molecule is COC(=O)CCCCc1ccc(COCC(C)CCC(N)=O)cc1. The van der Waals surface area contributed by atoms with Crippen molar-refractivity contribution in [3.8, 4) is 0 Å². The lowest BCUT2D eigenvalue weighted by atomic mass is 10.1. The minimum Gasteiger partial charge on any atom is -0.469 e. The van der Waals surface area contributed by atoms with Gasteiger partial charge >= 0.3 is 5.97 Å². The number of primary amides is 1. The van der Waals surface area contributed by atoms with E-state index in [1.54, 1.807) is 0 Å². The Morgan fingerprint density at radius 3 is 2.38 bits per heavy atom. The Balaban J connectivity index is 2.20. The van der Waals surface area contributed by atoms with Crippen molar-refractivity contribution in [1.82, 2.24) is 0 Å². The van der Waals surface area contributed by atoms with Gasteiger partial charge in [0.25, 0.3) is 0 Å². The summed E-state index contributed by atoms with van der Waals surface area (Å²) in [7, 11) is 1.42. The van der Waals surface area contributed by atoms with Gasteiger partial charge in [0.05, 0.1) is 13.7 Å². The zero-order valence-corrected chi connectivity index (χ0v) is 14.8. The standard InChI is InChI=1S/C19H29NO4/c1-15(7-12-18(20)21)13-24-14-17-10-8-16(9-11-17)5-3-4-6-19(22)23-2/h8-11,15H,3-7,12-14H2,1-2H3,(H2,20,21). The fourth-order valence-electron chi connectivity index (χ4n) is 2.35. The van der Waals surface area contributed by atoms with E-state index in [1.807, 2.05) is 0 Å². The van der Waals surface area contributed by atoms with Crippen molar-refractivity contribution < 1.29 is 19.1 Å². The molecule has 0 spiro atoms. The summed E-state index contributed by atoms with van der Waals surface area (Å²) in [6, 6.07) is 8.36. The van der Waals surface area contributed by atoms with Crippen LogP contribution in [0.3, 0.4) is 0 Å². The smallest absolute Gasteiger partial charge is 0.305 e. The second kappa shape index (κ2) is 11.6. The lowest BCUT2D eigenvalue weighted by molar-refractivity contribution is -0.140. The fourth-order valence-corrected chi connectivity index (χ4v) is 2.35. The van der Waals surface area contributed by atoms with Gasteiger partial charge in [-0.1, -0.05) is 31.2 Å². The molecule has 0 saturated heterocycles. The van der Waals surface area contributed by atoms with Crippen LogP contribution in [0.15, 0.2) is 24.3 Å². The summed E-state index contributed by atoms with van der Waals surface area (Å²) in [4.78, 5) is 21.8. The van der Waals surface area contributed by atoms with E-state index in [0.717, 1.165) is 31.2 Å². The van der Waals surface area contributed by atoms with Crippen LogP contribution in [0.4, 0.5) is 0 Å². The number of hydrogen-bond donors (Lipinski definition) is 1. The monoisotopic (exact) mass is 335 g/mol. The Morgan fingerprint density at radius 1 is 1.08 bits per heavy atom. The Morgan fingerprint density at radius 2 is 1.75 bits per heavy atom. The van der Waals surface area contributed by atoms with Crippen LogP contribution in [0.5, 0.6) is 0 Å². The number of rotatable bonds is 12. The van der Waals surface area contributed by atoms with Crippen molar-refractivity contribution in [3.05, 3.63) is 35.4 Å². The molecular formula is C19H29NO4. The summed E-state index contributed by atoms with van der Waals surface area (Å²) in [6.07, 6.45) is 4.44. The van der Waals surface area contributed by atoms with Crippen molar-refractivity contribution in [2.45, 2.75) is 52.1 Å². The molecule has 1 amide bonds. The quantitative estimate of drug-likeness (QED) is 0.470. The second-order valence-electron chi connectivity index (χ2n) is 6.23. The molecule has 5 heteroatoms. The third-order valence-corrected chi connectivity index (χ3v) is 3.90. The van der Waals surface area contributed by atoms with E-state index in [0.29, 0.717) is 32.0 Å². The highest BCUT2D eigenvalue weighted by Crippen LogP contribution is 2.11. The fraction of sp³-hybridized carbons (Fsp3) is 0.579. The first-order valence-corrected chi connectivity index (χ1v) is 8.52. The average molecular weight is 335 g/mol. The molecule has 0 saturated carbocycles. The molecule has 24 heavy (non-hydrogen) atoms. The molecule has 1 aromatic rings. The predicted octanol–water partition coefficient (Wildman–Crippen LogP) is 2.99. The highest BCUT2D eigenvalue weighted by Gasteiger charge is 2.05. The number of carbonyl (C=O) groups excluding carboxylic acids is 2. The highest BCUT2D eigenvalue weighted by molar-refractivity contribution is 5.73. The Kier molecular flexibility index (Phi) is 9.77. The molecule has 0 aromatic heterocycles. The maximum Gasteiger partial charge on any atom is 0.305 e. The summed E-state index contributed by atoms with van der Waals surface area (Å²) in [6.45, 7) is 3.26. The number of benzene rings is 1. The summed E-state index contributed by atoms with van der Waals surface area (Å²) in [5.41, 5.74) is 7.53. The van der Waals surface area contributed by atoms with Crippen molar-refractivity contribution in [2.24, 2.45) is 11.7 Å². The Labute approximate surface area is 144 Å². The molecule has 5 nitrogen and oxygen atoms in total. The van der Waals surface area contributed by atoms with Gasteiger partial charge in [-0.2, -0.15) is 0 Å². The normalized spacial score (nSPS) is 11.9. The van der Waals surface area contributed by atoms with Gasteiger partial charge in [0.2, 0.25) is 5.91 Å². The lowest BCUT2D eigenvalue weighted by Gasteiger charge is -2.11. The number of ether oxygens (including phenoxy) is 2. The first kappa shape index (κ1) is 20.2. The van der Waals surface area contributed by atoms with Gasteiger partial charge in [0, 0.05) is 19.4 Å². The number of unbranched alkanes of at least 4 members (excludes halogenated alkanes) is 1. The van der Waals surface area contributed by atoms with Crippen molar-refractivity contribution in [2.75, 3.05) is 13.7 Å². The van der Waals surface area contributed by atoms with Crippen molar-refractivity contribution >= 4 is 11.9 Å². The molecule has 0 aliphatic rings. The molecule has 134 valence electrons. The average Bonchev–Trinajstić information content (AvgIpc) is 2.58. The summed E-state index contributed by atoms with van der Waals surface area (Å²) >= 11 is 0. The van der Waals surface area contributed by atoms with Gasteiger partial charge in [0.15, 0.2) is 0 Å². The molecule has 1 atom stereocenters. The Hall–Kier alpha value is -1.88. The molecule has 0 bridgehead atoms. The first-order chi connectivity index (χ1) is 11.5. The van der Waals surface area contributed by atoms with Gasteiger partial charge in [-0.05, 0) is 42.7 Å². The second-order valence-corrected chi connectivity index (χ2v) is 6.23. The lowest BCUT2D eigenvalue weighted by Crippen LogP contribution is -2.14. The number of nitrogens with two attached hydrogens (primary N) is 1. The number of methoxy groups -OCH3 is 1. The van der Waals surface area contributed by atoms with Crippen LogP contribution in [-0.4, -0.2) is 25.6 Å². The highest BCUT2D eigenvalue weighted by atomic mass is 16.5. The topological polar surface area (TPSA) is 78.6 Å². The summed E-state index contributed by atoms with van der Waals surface area (Å²) in [5, 5.41) is 0. The maximum atomic E-state index is 11.0. The predicted molar refractivity (Wildman–Crippen MR) is 93.3 cm³/mol. The molecule has 0 fully saturated rings. The maximum absolute atomic E-state index is 11.0. The number of aryl methyl sites for hydroxylation is 1. The van der Waals surface area contributed by atoms with Crippen molar-refractivity contribution in [3.63, 3.8) is 0 Å². The zero-order chi connectivity index (χ0) is 17.8. The molecule has 0 heterocycles. The minimum absolute atomic E-state index is 0.146. The Bertz CT molecular complexity index is 499.